The Morgan fingerprint density at radius 3 is 2.59 bits per heavy atom. The van der Waals surface area contributed by atoms with Crippen molar-refractivity contribution in [2.75, 3.05) is 5.32 Å². The lowest BCUT2D eigenvalue weighted by Crippen LogP contribution is -2.16. The summed E-state index contributed by atoms with van der Waals surface area (Å²) in [5.41, 5.74) is 3.43. The molecule has 0 unspecified atom stereocenters. The fourth-order valence-electron chi connectivity index (χ4n) is 3.45. The number of amides is 1. The fraction of sp³-hybridized carbons (Fsp3) is 0.208. The number of rotatable bonds is 7. The molecule has 4 rings (SSSR count). The summed E-state index contributed by atoms with van der Waals surface area (Å²) in [5, 5.41) is 11.2. The second kappa shape index (κ2) is 9.76. The van der Waals surface area contributed by atoms with Crippen molar-refractivity contribution in [3.8, 4) is 5.75 Å². The minimum atomic E-state index is -0.843. The van der Waals surface area contributed by atoms with Crippen LogP contribution in [0.2, 0.25) is 0 Å². The maximum Gasteiger partial charge on any atom is 0.278 e. The van der Waals surface area contributed by atoms with Gasteiger partial charge in [-0.3, -0.25) is 9.48 Å². The van der Waals surface area contributed by atoms with Gasteiger partial charge in [-0.05, 0) is 50.6 Å². The Morgan fingerprint density at radius 1 is 1.15 bits per heavy atom. The van der Waals surface area contributed by atoms with Crippen molar-refractivity contribution in [2.24, 2.45) is 0 Å². The summed E-state index contributed by atoms with van der Waals surface area (Å²) in [7, 11) is 0. The van der Waals surface area contributed by atoms with E-state index < -0.39 is 17.5 Å². The van der Waals surface area contributed by atoms with E-state index in [9.17, 15) is 13.6 Å². The SMILES string of the molecule is Cc1nn(Cc2ccc(Br)cc2)c(C)c1NC(=O)c1noc(C)c1COc1ccc(F)cc1F. The molecule has 0 saturated carbocycles. The maximum atomic E-state index is 13.9. The van der Waals surface area contributed by atoms with Crippen molar-refractivity contribution in [2.45, 2.75) is 33.9 Å². The zero-order valence-corrected chi connectivity index (χ0v) is 20.2. The number of nitrogens with zero attached hydrogens (tertiary/aromatic N) is 3. The standard InChI is InChI=1S/C24H21BrF2N4O3/c1-13-22(14(2)31(29-13)11-16-4-6-17(25)7-5-16)28-24(32)23-19(15(3)34-30-23)12-33-21-9-8-18(26)10-20(21)27/h4-10H,11-12H2,1-3H3,(H,28,32). The van der Waals surface area contributed by atoms with Gasteiger partial charge in [0.1, 0.15) is 18.2 Å². The first kappa shape index (κ1) is 23.6. The van der Waals surface area contributed by atoms with Crippen LogP contribution in [-0.4, -0.2) is 20.8 Å². The number of halogens is 3. The molecule has 0 spiro atoms. The Labute approximate surface area is 202 Å². The molecule has 0 atom stereocenters. The van der Waals surface area contributed by atoms with Crippen LogP contribution < -0.4 is 10.1 Å². The van der Waals surface area contributed by atoms with E-state index in [4.69, 9.17) is 9.26 Å². The van der Waals surface area contributed by atoms with Crippen LogP contribution in [0.4, 0.5) is 14.5 Å². The Hall–Kier alpha value is -3.53. The molecule has 176 valence electrons. The summed E-state index contributed by atoms with van der Waals surface area (Å²) < 4.78 is 40.4. The van der Waals surface area contributed by atoms with Crippen molar-refractivity contribution < 1.29 is 22.8 Å². The van der Waals surface area contributed by atoms with Gasteiger partial charge in [-0.1, -0.05) is 33.2 Å². The highest BCUT2D eigenvalue weighted by Crippen LogP contribution is 2.25. The van der Waals surface area contributed by atoms with Crippen LogP contribution in [0.1, 0.15) is 38.8 Å². The normalized spacial score (nSPS) is 11.0. The first-order valence-electron chi connectivity index (χ1n) is 10.4. The van der Waals surface area contributed by atoms with Gasteiger partial charge in [0.15, 0.2) is 17.3 Å². The molecule has 0 fully saturated rings. The van der Waals surface area contributed by atoms with E-state index in [0.717, 1.165) is 27.9 Å². The molecule has 34 heavy (non-hydrogen) atoms. The van der Waals surface area contributed by atoms with E-state index in [2.05, 4.69) is 31.5 Å². The monoisotopic (exact) mass is 530 g/mol. The van der Waals surface area contributed by atoms with Gasteiger partial charge < -0.3 is 14.6 Å². The van der Waals surface area contributed by atoms with E-state index in [0.29, 0.717) is 29.2 Å². The van der Waals surface area contributed by atoms with Crippen molar-refractivity contribution in [3.05, 3.63) is 92.5 Å². The molecule has 0 aliphatic rings. The van der Waals surface area contributed by atoms with E-state index >= 15 is 0 Å². The lowest BCUT2D eigenvalue weighted by atomic mass is 10.2. The highest BCUT2D eigenvalue weighted by Gasteiger charge is 2.23. The summed E-state index contributed by atoms with van der Waals surface area (Å²) in [6, 6.07) is 10.9. The molecule has 7 nitrogen and oxygen atoms in total. The molecule has 1 amide bonds. The van der Waals surface area contributed by atoms with Crippen molar-refractivity contribution >= 4 is 27.5 Å². The van der Waals surface area contributed by atoms with Crippen LogP contribution in [0.3, 0.4) is 0 Å². The summed E-state index contributed by atoms with van der Waals surface area (Å²) in [6.45, 7) is 5.65. The van der Waals surface area contributed by atoms with Crippen LogP contribution in [-0.2, 0) is 13.2 Å². The van der Waals surface area contributed by atoms with Crippen LogP contribution in [0.5, 0.6) is 5.75 Å². The molecular formula is C24H21BrF2N4O3. The van der Waals surface area contributed by atoms with Gasteiger partial charge in [-0.15, -0.1) is 0 Å². The lowest BCUT2D eigenvalue weighted by molar-refractivity contribution is 0.101. The van der Waals surface area contributed by atoms with Gasteiger partial charge in [-0.25, -0.2) is 8.78 Å². The molecule has 0 aliphatic heterocycles. The van der Waals surface area contributed by atoms with Gasteiger partial charge in [0.25, 0.3) is 5.91 Å². The Bertz CT molecular complexity index is 1350. The van der Waals surface area contributed by atoms with Crippen LogP contribution in [0.25, 0.3) is 0 Å². The van der Waals surface area contributed by atoms with E-state index in [1.54, 1.807) is 13.8 Å². The van der Waals surface area contributed by atoms with Crippen LogP contribution in [0.15, 0.2) is 51.5 Å². The minimum absolute atomic E-state index is 0.0134. The number of anilines is 1. The number of ether oxygens (including phenoxy) is 1. The second-order valence-corrected chi connectivity index (χ2v) is 8.63. The Morgan fingerprint density at radius 2 is 1.88 bits per heavy atom. The third kappa shape index (κ3) is 5.01. The molecular weight excluding hydrogens is 510 g/mol. The zero-order chi connectivity index (χ0) is 24.4. The highest BCUT2D eigenvalue weighted by molar-refractivity contribution is 9.10. The average molecular weight is 531 g/mol. The number of nitrogens with one attached hydrogen (secondary N) is 1. The number of carbonyl (C=O) groups excluding carboxylic acids is 1. The van der Waals surface area contributed by atoms with Crippen molar-refractivity contribution in [3.63, 3.8) is 0 Å². The van der Waals surface area contributed by atoms with Crippen molar-refractivity contribution in [1.82, 2.24) is 14.9 Å². The van der Waals surface area contributed by atoms with Crippen LogP contribution in [0, 0.1) is 32.4 Å². The van der Waals surface area contributed by atoms with Gasteiger partial charge in [0, 0.05) is 10.5 Å². The molecule has 1 N–H and O–H groups in total. The largest absolute Gasteiger partial charge is 0.486 e. The van der Waals surface area contributed by atoms with E-state index in [1.807, 2.05) is 35.9 Å². The lowest BCUT2D eigenvalue weighted by Gasteiger charge is -2.09. The molecule has 2 aromatic heterocycles. The zero-order valence-electron chi connectivity index (χ0n) is 18.7. The van der Waals surface area contributed by atoms with Gasteiger partial charge >= 0.3 is 0 Å². The Kier molecular flexibility index (Phi) is 6.78. The highest BCUT2D eigenvalue weighted by atomic mass is 79.9. The average Bonchev–Trinajstić information content (AvgIpc) is 3.29. The smallest absolute Gasteiger partial charge is 0.278 e. The van der Waals surface area contributed by atoms with Gasteiger partial charge in [-0.2, -0.15) is 5.10 Å². The molecule has 0 aliphatic carbocycles. The third-order valence-electron chi connectivity index (χ3n) is 5.33. The molecule has 4 aromatic rings. The summed E-state index contributed by atoms with van der Waals surface area (Å²) in [6.07, 6.45) is 0. The molecule has 0 saturated heterocycles. The molecule has 0 bridgehead atoms. The van der Waals surface area contributed by atoms with Crippen LogP contribution >= 0.6 is 15.9 Å². The number of aromatic nitrogens is 3. The fourth-order valence-corrected chi connectivity index (χ4v) is 3.71. The number of aryl methyl sites for hydroxylation is 2. The minimum Gasteiger partial charge on any atom is -0.486 e. The molecule has 10 heteroatoms. The topological polar surface area (TPSA) is 82.2 Å². The predicted octanol–water partition coefficient (Wildman–Crippen LogP) is 5.72. The van der Waals surface area contributed by atoms with Gasteiger partial charge in [0.05, 0.1) is 29.2 Å². The van der Waals surface area contributed by atoms with E-state index in [1.165, 1.54) is 6.07 Å². The first-order chi connectivity index (χ1) is 16.2. The second-order valence-electron chi connectivity index (χ2n) is 7.71. The molecule has 0 radical (unpaired) electrons. The molecule has 2 heterocycles. The first-order valence-corrected chi connectivity index (χ1v) is 11.1. The number of hydrogen-bond donors (Lipinski definition) is 1. The number of hydrogen-bond acceptors (Lipinski definition) is 5. The summed E-state index contributed by atoms with van der Waals surface area (Å²) in [5.74, 6) is -1.85. The number of benzene rings is 2. The van der Waals surface area contributed by atoms with Crippen molar-refractivity contribution in [1.29, 1.82) is 0 Å². The Balaban J connectivity index is 1.51. The summed E-state index contributed by atoms with van der Waals surface area (Å²) in [4.78, 5) is 13.0. The number of carbonyl (C=O) groups is 1. The maximum absolute atomic E-state index is 13.9. The predicted molar refractivity (Wildman–Crippen MR) is 125 cm³/mol. The molecule has 2 aromatic carbocycles. The quantitative estimate of drug-likeness (QED) is 0.330. The van der Waals surface area contributed by atoms with Gasteiger partial charge in [0.2, 0.25) is 0 Å². The summed E-state index contributed by atoms with van der Waals surface area (Å²) >= 11 is 3.42. The van der Waals surface area contributed by atoms with E-state index in [-0.39, 0.29) is 18.1 Å². The third-order valence-corrected chi connectivity index (χ3v) is 5.86.